The molecule has 25 heavy (non-hydrogen) atoms. The average Bonchev–Trinajstić information content (AvgIpc) is 2.64. The van der Waals surface area contributed by atoms with Gasteiger partial charge >= 0.3 is 0 Å². The number of benzene rings is 1. The average molecular weight is 332 g/mol. The summed E-state index contributed by atoms with van der Waals surface area (Å²) in [7, 11) is 0. The molecular formula is C19H16N4O2. The predicted octanol–water partition coefficient (Wildman–Crippen LogP) is 2.84. The molecule has 0 unspecified atom stereocenters. The van der Waals surface area contributed by atoms with E-state index < -0.39 is 17.7 Å². The lowest BCUT2D eigenvalue weighted by Crippen LogP contribution is -2.32. The van der Waals surface area contributed by atoms with Gasteiger partial charge in [-0.15, -0.1) is 0 Å². The molecule has 0 atom stereocenters. The first kappa shape index (κ1) is 16.3. The minimum absolute atomic E-state index is 0.388. The highest BCUT2D eigenvalue weighted by Gasteiger charge is 2.29. The molecule has 0 aliphatic heterocycles. The lowest BCUT2D eigenvalue weighted by Gasteiger charge is -2.16. The maximum atomic E-state index is 12.7. The number of rotatable bonds is 5. The molecule has 2 heterocycles. The molecule has 0 bridgehead atoms. The Labute approximate surface area is 145 Å². The minimum Gasteiger partial charge on any atom is -0.310 e. The number of carbonyl (C=O) groups excluding carboxylic acids is 2. The Bertz CT molecular complexity index is 786. The van der Waals surface area contributed by atoms with Crippen LogP contribution in [-0.2, 0) is 9.59 Å². The Balaban J connectivity index is 1.85. The summed E-state index contributed by atoms with van der Waals surface area (Å²) in [5, 5.41) is 5.35. The third kappa shape index (κ3) is 4.26. The standard InChI is InChI=1S/C19H16N4O2/c24-18(22-15-10-4-6-12-20-15)17(14-8-2-1-3-9-14)19(25)23-16-11-5-7-13-21-16/h1-13,17H,(H,20,22,24)(H,21,23,25). The smallest absolute Gasteiger partial charge is 0.242 e. The molecule has 0 spiro atoms. The Morgan fingerprint density at radius 2 is 1.16 bits per heavy atom. The number of anilines is 2. The van der Waals surface area contributed by atoms with Crippen molar-refractivity contribution in [1.82, 2.24) is 9.97 Å². The molecule has 1 aromatic carbocycles. The Hall–Kier alpha value is -3.54. The van der Waals surface area contributed by atoms with E-state index in [1.807, 2.05) is 6.07 Å². The highest BCUT2D eigenvalue weighted by Crippen LogP contribution is 2.20. The van der Waals surface area contributed by atoms with Crippen LogP contribution in [-0.4, -0.2) is 21.8 Å². The number of nitrogens with one attached hydrogen (secondary N) is 2. The molecule has 3 aromatic rings. The first-order valence-electron chi connectivity index (χ1n) is 7.73. The summed E-state index contributed by atoms with van der Waals surface area (Å²) in [4.78, 5) is 33.5. The fraction of sp³-hybridized carbons (Fsp3) is 0.0526. The zero-order chi connectivity index (χ0) is 17.5. The summed E-state index contributed by atoms with van der Waals surface area (Å²) in [6.45, 7) is 0. The minimum atomic E-state index is -1.02. The Kier molecular flexibility index (Phi) is 5.11. The number of carbonyl (C=O) groups is 2. The van der Waals surface area contributed by atoms with Crippen LogP contribution in [0.2, 0.25) is 0 Å². The Morgan fingerprint density at radius 3 is 1.60 bits per heavy atom. The second-order valence-corrected chi connectivity index (χ2v) is 5.25. The van der Waals surface area contributed by atoms with Crippen molar-refractivity contribution in [2.24, 2.45) is 0 Å². The number of amides is 2. The second-order valence-electron chi connectivity index (χ2n) is 5.25. The molecule has 0 aliphatic carbocycles. The van der Waals surface area contributed by atoms with E-state index in [2.05, 4.69) is 20.6 Å². The predicted molar refractivity (Wildman–Crippen MR) is 94.9 cm³/mol. The van der Waals surface area contributed by atoms with Gasteiger partial charge in [0.05, 0.1) is 0 Å². The van der Waals surface area contributed by atoms with Crippen molar-refractivity contribution in [2.75, 3.05) is 10.6 Å². The molecular weight excluding hydrogens is 316 g/mol. The Morgan fingerprint density at radius 1 is 0.680 bits per heavy atom. The highest BCUT2D eigenvalue weighted by atomic mass is 16.2. The van der Waals surface area contributed by atoms with Crippen molar-refractivity contribution in [3.8, 4) is 0 Å². The van der Waals surface area contributed by atoms with Crippen molar-refractivity contribution in [1.29, 1.82) is 0 Å². The summed E-state index contributed by atoms with van der Waals surface area (Å²) < 4.78 is 0. The summed E-state index contributed by atoms with van der Waals surface area (Å²) >= 11 is 0. The van der Waals surface area contributed by atoms with E-state index in [0.29, 0.717) is 17.2 Å². The zero-order valence-electron chi connectivity index (χ0n) is 13.3. The van der Waals surface area contributed by atoms with E-state index in [4.69, 9.17) is 0 Å². The fourth-order valence-corrected chi connectivity index (χ4v) is 2.34. The normalized spacial score (nSPS) is 10.3. The highest BCUT2D eigenvalue weighted by molar-refractivity contribution is 6.14. The van der Waals surface area contributed by atoms with Gasteiger partial charge < -0.3 is 10.6 Å². The van der Waals surface area contributed by atoms with Crippen LogP contribution in [0.1, 0.15) is 11.5 Å². The van der Waals surface area contributed by atoms with Crippen LogP contribution in [0.3, 0.4) is 0 Å². The van der Waals surface area contributed by atoms with Gasteiger partial charge in [-0.3, -0.25) is 9.59 Å². The van der Waals surface area contributed by atoms with Gasteiger partial charge in [0.15, 0.2) is 0 Å². The van der Waals surface area contributed by atoms with Gasteiger partial charge in [-0.2, -0.15) is 0 Å². The first-order chi connectivity index (χ1) is 12.2. The van der Waals surface area contributed by atoms with Gasteiger partial charge in [0.1, 0.15) is 17.6 Å². The van der Waals surface area contributed by atoms with E-state index in [-0.39, 0.29) is 0 Å². The maximum absolute atomic E-state index is 12.7. The lowest BCUT2D eigenvalue weighted by molar-refractivity contribution is -0.126. The molecule has 0 radical (unpaired) electrons. The van der Waals surface area contributed by atoms with E-state index in [0.717, 1.165) is 0 Å². The summed E-state index contributed by atoms with van der Waals surface area (Å²) in [6.07, 6.45) is 3.14. The second kappa shape index (κ2) is 7.83. The molecule has 6 heteroatoms. The number of hydrogen-bond acceptors (Lipinski definition) is 4. The first-order valence-corrected chi connectivity index (χ1v) is 7.73. The van der Waals surface area contributed by atoms with Crippen molar-refractivity contribution in [3.63, 3.8) is 0 Å². The van der Waals surface area contributed by atoms with Crippen molar-refractivity contribution in [3.05, 3.63) is 84.7 Å². The quantitative estimate of drug-likeness (QED) is 0.704. The topological polar surface area (TPSA) is 84.0 Å². The number of hydrogen-bond donors (Lipinski definition) is 2. The summed E-state index contributed by atoms with van der Waals surface area (Å²) in [5.41, 5.74) is 0.587. The van der Waals surface area contributed by atoms with Gasteiger partial charge in [-0.05, 0) is 29.8 Å². The fourth-order valence-electron chi connectivity index (χ4n) is 2.34. The third-order valence-corrected chi connectivity index (χ3v) is 3.49. The molecule has 2 amide bonds. The van der Waals surface area contributed by atoms with Crippen molar-refractivity contribution in [2.45, 2.75) is 5.92 Å². The van der Waals surface area contributed by atoms with Gasteiger partial charge in [0, 0.05) is 12.4 Å². The third-order valence-electron chi connectivity index (χ3n) is 3.49. The van der Waals surface area contributed by atoms with Crippen LogP contribution in [0.15, 0.2) is 79.1 Å². The molecule has 2 N–H and O–H groups in total. The van der Waals surface area contributed by atoms with Crippen LogP contribution >= 0.6 is 0 Å². The maximum Gasteiger partial charge on any atom is 0.242 e. The van der Waals surface area contributed by atoms with Crippen LogP contribution < -0.4 is 10.6 Å². The van der Waals surface area contributed by atoms with Gasteiger partial charge in [-0.25, -0.2) is 9.97 Å². The number of pyridine rings is 2. The molecule has 3 rings (SSSR count). The summed E-state index contributed by atoms with van der Waals surface area (Å²) in [5.74, 6) is -1.17. The van der Waals surface area contributed by atoms with Gasteiger partial charge in [-0.1, -0.05) is 42.5 Å². The van der Waals surface area contributed by atoms with Crippen LogP contribution in [0, 0.1) is 0 Å². The van der Waals surface area contributed by atoms with E-state index in [9.17, 15) is 9.59 Å². The van der Waals surface area contributed by atoms with Crippen molar-refractivity contribution >= 4 is 23.5 Å². The van der Waals surface area contributed by atoms with E-state index in [1.54, 1.807) is 73.1 Å². The zero-order valence-corrected chi connectivity index (χ0v) is 13.3. The molecule has 2 aromatic heterocycles. The largest absolute Gasteiger partial charge is 0.310 e. The SMILES string of the molecule is O=C(Nc1ccccn1)C(C(=O)Nc1ccccn1)c1ccccc1. The van der Waals surface area contributed by atoms with Crippen LogP contribution in [0.25, 0.3) is 0 Å². The van der Waals surface area contributed by atoms with Crippen LogP contribution in [0.4, 0.5) is 11.6 Å². The number of aromatic nitrogens is 2. The van der Waals surface area contributed by atoms with E-state index >= 15 is 0 Å². The van der Waals surface area contributed by atoms with Gasteiger partial charge in [0.25, 0.3) is 0 Å². The van der Waals surface area contributed by atoms with E-state index in [1.165, 1.54) is 0 Å². The number of nitrogens with zero attached hydrogens (tertiary/aromatic N) is 2. The molecule has 6 nitrogen and oxygen atoms in total. The van der Waals surface area contributed by atoms with Crippen LogP contribution in [0.5, 0.6) is 0 Å². The van der Waals surface area contributed by atoms with Crippen molar-refractivity contribution < 1.29 is 9.59 Å². The molecule has 0 saturated heterocycles. The lowest BCUT2D eigenvalue weighted by atomic mass is 9.97. The molecule has 0 fully saturated rings. The van der Waals surface area contributed by atoms with Gasteiger partial charge in [0.2, 0.25) is 11.8 Å². The molecule has 0 saturated carbocycles. The molecule has 124 valence electrons. The summed E-state index contributed by atoms with van der Waals surface area (Å²) in [6, 6.07) is 19.2. The molecule has 0 aliphatic rings. The monoisotopic (exact) mass is 332 g/mol.